The minimum Gasteiger partial charge on any atom is -0.483 e. The van der Waals surface area contributed by atoms with Crippen molar-refractivity contribution in [3.8, 4) is 5.75 Å². The van der Waals surface area contributed by atoms with E-state index in [4.69, 9.17) is 4.74 Å². The predicted octanol–water partition coefficient (Wildman–Crippen LogP) is 2.52. The van der Waals surface area contributed by atoms with Gasteiger partial charge in [-0.25, -0.2) is 0 Å². The molecule has 144 valence electrons. The van der Waals surface area contributed by atoms with Crippen molar-refractivity contribution in [1.29, 1.82) is 0 Å². The van der Waals surface area contributed by atoms with Crippen LogP contribution in [0.15, 0.2) is 24.3 Å². The van der Waals surface area contributed by atoms with E-state index in [9.17, 15) is 4.79 Å². The molecule has 0 radical (unpaired) electrons. The minimum absolute atomic E-state index is 0.0114. The quantitative estimate of drug-likeness (QED) is 0.786. The van der Waals surface area contributed by atoms with Crippen LogP contribution in [-0.2, 0) is 11.2 Å². The molecule has 0 unspecified atom stereocenters. The molecule has 0 bridgehead atoms. The molecule has 2 N–H and O–H groups in total. The van der Waals surface area contributed by atoms with E-state index >= 15 is 0 Å². The lowest BCUT2D eigenvalue weighted by Crippen LogP contribution is -3.22. The summed E-state index contributed by atoms with van der Waals surface area (Å²) in [6.07, 6.45) is 11.4. The summed E-state index contributed by atoms with van der Waals surface area (Å²) < 4.78 is 5.79. The van der Waals surface area contributed by atoms with Crippen LogP contribution in [0.2, 0.25) is 0 Å². The van der Waals surface area contributed by atoms with Crippen molar-refractivity contribution in [2.45, 2.75) is 70.3 Å². The van der Waals surface area contributed by atoms with Gasteiger partial charge in [0.1, 0.15) is 11.3 Å². The van der Waals surface area contributed by atoms with Crippen LogP contribution >= 0.6 is 0 Å². The average Bonchev–Trinajstić information content (AvgIpc) is 2.72. The van der Waals surface area contributed by atoms with Gasteiger partial charge in [-0.3, -0.25) is 4.79 Å². The number of carbonyl (C=O) groups is 1. The number of piperidine rings is 1. The zero-order valence-electron chi connectivity index (χ0n) is 16.3. The maximum absolute atomic E-state index is 12.4. The Morgan fingerprint density at radius 2 is 1.77 bits per heavy atom. The Kier molecular flexibility index (Phi) is 6.95. The first-order valence-electron chi connectivity index (χ1n) is 10.6. The highest BCUT2D eigenvalue weighted by molar-refractivity contribution is 5.77. The standard InChI is InChI=1S/C22H34N2O2/c1-2-19-11-5-6-12-20(19)26-17-21(25)23-18-22(13-7-3-8-14-22)24-15-9-4-10-16-24/h5-6,11-12H,2-4,7-10,13-18H2,1H3,(H,23,25)/p+1. The molecule has 1 aromatic rings. The molecular formula is C22H35N2O2+. The molecule has 1 saturated heterocycles. The highest BCUT2D eigenvalue weighted by Crippen LogP contribution is 2.26. The van der Waals surface area contributed by atoms with Crippen molar-refractivity contribution >= 4 is 5.91 Å². The molecule has 1 aromatic carbocycles. The third kappa shape index (κ3) is 4.79. The molecule has 1 aliphatic carbocycles. The zero-order valence-corrected chi connectivity index (χ0v) is 16.3. The number of rotatable bonds is 7. The van der Waals surface area contributed by atoms with Crippen LogP contribution in [0.3, 0.4) is 0 Å². The number of para-hydroxylation sites is 1. The number of aryl methyl sites for hydroxylation is 1. The fourth-order valence-corrected chi connectivity index (χ4v) is 4.79. The summed E-state index contributed by atoms with van der Waals surface area (Å²) in [5.74, 6) is 0.844. The smallest absolute Gasteiger partial charge is 0.258 e. The molecule has 1 heterocycles. The highest BCUT2D eigenvalue weighted by Gasteiger charge is 2.42. The Labute approximate surface area is 158 Å². The number of hydrogen-bond acceptors (Lipinski definition) is 2. The second kappa shape index (κ2) is 9.40. The van der Waals surface area contributed by atoms with Crippen LogP contribution < -0.4 is 15.0 Å². The van der Waals surface area contributed by atoms with E-state index in [1.807, 2.05) is 18.2 Å². The summed E-state index contributed by atoms with van der Waals surface area (Å²) in [5, 5.41) is 3.21. The number of amides is 1. The summed E-state index contributed by atoms with van der Waals surface area (Å²) >= 11 is 0. The number of carbonyl (C=O) groups excluding carboxylic acids is 1. The van der Waals surface area contributed by atoms with Gasteiger partial charge in [-0.05, 0) is 50.2 Å². The van der Waals surface area contributed by atoms with E-state index in [2.05, 4.69) is 18.3 Å². The van der Waals surface area contributed by atoms with E-state index < -0.39 is 0 Å². The van der Waals surface area contributed by atoms with Crippen LogP contribution in [0.25, 0.3) is 0 Å². The Bertz CT molecular complexity index is 575. The Morgan fingerprint density at radius 1 is 1.08 bits per heavy atom. The van der Waals surface area contributed by atoms with Crippen LogP contribution in [0.5, 0.6) is 5.75 Å². The van der Waals surface area contributed by atoms with Gasteiger partial charge in [-0.1, -0.05) is 31.5 Å². The van der Waals surface area contributed by atoms with Gasteiger partial charge in [0.2, 0.25) is 0 Å². The van der Waals surface area contributed by atoms with Gasteiger partial charge in [0.15, 0.2) is 6.61 Å². The molecule has 1 aliphatic heterocycles. The van der Waals surface area contributed by atoms with Crippen LogP contribution in [0.1, 0.15) is 63.9 Å². The molecular weight excluding hydrogens is 324 g/mol. The third-order valence-electron chi connectivity index (χ3n) is 6.35. The van der Waals surface area contributed by atoms with E-state index in [1.165, 1.54) is 64.5 Å². The molecule has 4 nitrogen and oxygen atoms in total. The van der Waals surface area contributed by atoms with Crippen molar-refractivity contribution in [1.82, 2.24) is 5.32 Å². The van der Waals surface area contributed by atoms with E-state index in [0.29, 0.717) is 0 Å². The maximum Gasteiger partial charge on any atom is 0.258 e. The Balaban J connectivity index is 1.54. The van der Waals surface area contributed by atoms with Gasteiger partial charge in [0, 0.05) is 12.8 Å². The molecule has 2 fully saturated rings. The number of benzene rings is 1. The largest absolute Gasteiger partial charge is 0.483 e. The van der Waals surface area contributed by atoms with Gasteiger partial charge in [0.25, 0.3) is 5.91 Å². The number of nitrogens with one attached hydrogen (secondary N) is 2. The molecule has 0 atom stereocenters. The molecule has 1 amide bonds. The normalized spacial score (nSPS) is 20.5. The topological polar surface area (TPSA) is 42.8 Å². The predicted molar refractivity (Wildman–Crippen MR) is 105 cm³/mol. The Hall–Kier alpha value is -1.55. The van der Waals surface area contributed by atoms with E-state index in [-0.39, 0.29) is 18.1 Å². The van der Waals surface area contributed by atoms with Crippen LogP contribution in [0, 0.1) is 0 Å². The van der Waals surface area contributed by atoms with Crippen molar-refractivity contribution < 1.29 is 14.4 Å². The van der Waals surface area contributed by atoms with E-state index in [1.54, 1.807) is 4.90 Å². The summed E-state index contributed by atoms with van der Waals surface area (Å²) in [6, 6.07) is 7.99. The SMILES string of the molecule is CCc1ccccc1OCC(=O)NCC1([NH+]2CCCCC2)CCCCC1. The zero-order chi connectivity index (χ0) is 18.2. The van der Waals surface area contributed by atoms with Crippen molar-refractivity contribution in [2.24, 2.45) is 0 Å². The first kappa shape index (κ1) is 19.2. The number of hydrogen-bond donors (Lipinski definition) is 2. The van der Waals surface area contributed by atoms with Gasteiger partial charge < -0.3 is 15.0 Å². The second-order valence-corrected chi connectivity index (χ2v) is 8.03. The molecule has 26 heavy (non-hydrogen) atoms. The Morgan fingerprint density at radius 3 is 2.50 bits per heavy atom. The molecule has 3 rings (SSSR count). The van der Waals surface area contributed by atoms with Crippen molar-refractivity contribution in [3.05, 3.63) is 29.8 Å². The monoisotopic (exact) mass is 359 g/mol. The molecule has 2 aliphatic rings. The van der Waals surface area contributed by atoms with Crippen molar-refractivity contribution in [3.63, 3.8) is 0 Å². The second-order valence-electron chi connectivity index (χ2n) is 8.03. The van der Waals surface area contributed by atoms with Gasteiger partial charge in [0.05, 0.1) is 19.6 Å². The maximum atomic E-state index is 12.4. The third-order valence-corrected chi connectivity index (χ3v) is 6.35. The van der Waals surface area contributed by atoms with Gasteiger partial charge >= 0.3 is 0 Å². The number of likely N-dealkylation sites (tertiary alicyclic amines) is 1. The van der Waals surface area contributed by atoms with Gasteiger partial charge in [-0.2, -0.15) is 0 Å². The molecule has 0 spiro atoms. The minimum atomic E-state index is 0.0114. The fourth-order valence-electron chi connectivity index (χ4n) is 4.79. The summed E-state index contributed by atoms with van der Waals surface area (Å²) in [5.41, 5.74) is 1.41. The fraction of sp³-hybridized carbons (Fsp3) is 0.682. The lowest BCUT2D eigenvalue weighted by molar-refractivity contribution is -0.957. The summed E-state index contributed by atoms with van der Waals surface area (Å²) in [7, 11) is 0. The van der Waals surface area contributed by atoms with Gasteiger partial charge in [-0.15, -0.1) is 0 Å². The average molecular weight is 360 g/mol. The first-order chi connectivity index (χ1) is 12.7. The number of quaternary nitrogens is 1. The first-order valence-corrected chi connectivity index (χ1v) is 10.6. The molecule has 1 saturated carbocycles. The van der Waals surface area contributed by atoms with E-state index in [0.717, 1.165) is 24.3 Å². The lowest BCUT2D eigenvalue weighted by Gasteiger charge is -2.45. The summed E-state index contributed by atoms with van der Waals surface area (Å²) in [4.78, 5) is 14.2. The highest BCUT2D eigenvalue weighted by atomic mass is 16.5. The van der Waals surface area contributed by atoms with Crippen molar-refractivity contribution in [2.75, 3.05) is 26.2 Å². The van der Waals surface area contributed by atoms with Crippen LogP contribution in [0.4, 0.5) is 0 Å². The molecule has 4 heteroatoms. The summed E-state index contributed by atoms with van der Waals surface area (Å²) in [6.45, 7) is 5.57. The lowest BCUT2D eigenvalue weighted by atomic mass is 9.79. The van der Waals surface area contributed by atoms with Crippen LogP contribution in [-0.4, -0.2) is 37.7 Å². The number of ether oxygens (including phenoxy) is 1. The molecule has 0 aromatic heterocycles.